The first-order valence-corrected chi connectivity index (χ1v) is 10.9. The molecule has 0 aliphatic carbocycles. The minimum atomic E-state index is -3.88. The monoisotopic (exact) mass is 407 g/mol. The predicted molar refractivity (Wildman–Crippen MR) is 115 cm³/mol. The van der Waals surface area contributed by atoms with Gasteiger partial charge >= 0.3 is 0 Å². The quantitative estimate of drug-likeness (QED) is 0.603. The molecule has 0 bridgehead atoms. The zero-order valence-electron chi connectivity index (χ0n) is 16.0. The number of aryl methyl sites for hydroxylation is 1. The summed E-state index contributed by atoms with van der Waals surface area (Å²) in [6.45, 7) is 1.91. The van der Waals surface area contributed by atoms with Gasteiger partial charge in [0.1, 0.15) is 11.5 Å². The molecule has 0 radical (unpaired) electrons. The van der Waals surface area contributed by atoms with Crippen LogP contribution in [0, 0.1) is 6.92 Å². The zero-order valence-corrected chi connectivity index (χ0v) is 16.8. The van der Waals surface area contributed by atoms with Crippen molar-refractivity contribution in [2.24, 2.45) is 0 Å². The minimum absolute atomic E-state index is 0.298. The SMILES string of the molecule is Cc1ccc(NC(=O)CS(=O)(=O)CC(=O)c2ccc(-c3ccccc3)cc2)cc1. The normalized spacial score (nSPS) is 11.1. The molecule has 148 valence electrons. The van der Waals surface area contributed by atoms with Gasteiger partial charge < -0.3 is 5.32 Å². The molecule has 0 saturated heterocycles. The summed E-state index contributed by atoms with van der Waals surface area (Å²) in [4.78, 5) is 24.4. The van der Waals surface area contributed by atoms with Crippen molar-refractivity contribution in [3.05, 3.63) is 90.0 Å². The van der Waals surface area contributed by atoms with Crippen LogP contribution >= 0.6 is 0 Å². The maximum Gasteiger partial charge on any atom is 0.239 e. The lowest BCUT2D eigenvalue weighted by Gasteiger charge is -2.07. The number of benzene rings is 3. The fourth-order valence-electron chi connectivity index (χ4n) is 2.85. The Morgan fingerprint density at radius 3 is 1.97 bits per heavy atom. The van der Waals surface area contributed by atoms with Crippen molar-refractivity contribution in [2.75, 3.05) is 16.8 Å². The molecular formula is C23H21NO4S. The highest BCUT2D eigenvalue weighted by Crippen LogP contribution is 2.19. The molecule has 5 nitrogen and oxygen atoms in total. The van der Waals surface area contributed by atoms with Crippen LogP contribution in [0.1, 0.15) is 15.9 Å². The van der Waals surface area contributed by atoms with Crippen LogP contribution < -0.4 is 5.32 Å². The van der Waals surface area contributed by atoms with E-state index < -0.39 is 33.0 Å². The van der Waals surface area contributed by atoms with Crippen molar-refractivity contribution in [3.8, 4) is 11.1 Å². The summed E-state index contributed by atoms with van der Waals surface area (Å²) >= 11 is 0. The Morgan fingerprint density at radius 2 is 1.34 bits per heavy atom. The van der Waals surface area contributed by atoms with Gasteiger partial charge in [0.15, 0.2) is 15.6 Å². The molecule has 3 rings (SSSR count). The Bertz CT molecular complexity index is 1100. The Hall–Kier alpha value is -3.25. The highest BCUT2D eigenvalue weighted by atomic mass is 32.2. The summed E-state index contributed by atoms with van der Waals surface area (Å²) in [7, 11) is -3.88. The lowest BCUT2D eigenvalue weighted by Crippen LogP contribution is -2.27. The van der Waals surface area contributed by atoms with Crippen molar-refractivity contribution in [1.29, 1.82) is 0 Å². The van der Waals surface area contributed by atoms with Gasteiger partial charge in [-0.25, -0.2) is 8.42 Å². The number of amides is 1. The summed E-state index contributed by atoms with van der Waals surface area (Å²) in [6.07, 6.45) is 0. The van der Waals surface area contributed by atoms with Crippen molar-refractivity contribution in [2.45, 2.75) is 6.92 Å². The van der Waals surface area contributed by atoms with Crippen LogP contribution in [-0.2, 0) is 14.6 Å². The first kappa shape index (κ1) is 20.5. The Kier molecular flexibility index (Phi) is 6.24. The molecule has 0 atom stereocenters. The molecule has 0 spiro atoms. The van der Waals surface area contributed by atoms with Crippen LogP contribution in [0.25, 0.3) is 11.1 Å². The minimum Gasteiger partial charge on any atom is -0.325 e. The molecule has 1 amide bonds. The average molecular weight is 407 g/mol. The van der Waals surface area contributed by atoms with Crippen LogP contribution in [0.15, 0.2) is 78.9 Å². The third-order valence-electron chi connectivity index (χ3n) is 4.35. The maximum atomic E-state index is 12.4. The summed E-state index contributed by atoms with van der Waals surface area (Å²) in [5.74, 6) is -2.65. The van der Waals surface area contributed by atoms with Crippen molar-refractivity contribution < 1.29 is 18.0 Å². The molecule has 1 N–H and O–H groups in total. The average Bonchev–Trinajstić information content (AvgIpc) is 2.69. The number of ketones is 1. The zero-order chi connectivity index (χ0) is 20.9. The summed E-state index contributed by atoms with van der Waals surface area (Å²) in [5, 5.41) is 2.53. The van der Waals surface area contributed by atoms with Crippen molar-refractivity contribution in [1.82, 2.24) is 0 Å². The Labute approximate surface area is 170 Å². The van der Waals surface area contributed by atoms with Crippen LogP contribution in [0.2, 0.25) is 0 Å². The molecule has 6 heteroatoms. The second-order valence-electron chi connectivity index (χ2n) is 6.81. The molecule has 3 aromatic rings. The lowest BCUT2D eigenvalue weighted by atomic mass is 10.0. The molecule has 0 heterocycles. The number of hydrogen-bond acceptors (Lipinski definition) is 4. The highest BCUT2D eigenvalue weighted by molar-refractivity contribution is 7.92. The van der Waals surface area contributed by atoms with E-state index in [-0.39, 0.29) is 0 Å². The van der Waals surface area contributed by atoms with E-state index in [2.05, 4.69) is 5.32 Å². The molecule has 29 heavy (non-hydrogen) atoms. The number of carbonyl (C=O) groups is 2. The number of hydrogen-bond donors (Lipinski definition) is 1. The van der Waals surface area contributed by atoms with E-state index in [4.69, 9.17) is 0 Å². The van der Waals surface area contributed by atoms with Crippen molar-refractivity contribution >= 4 is 27.2 Å². The van der Waals surface area contributed by atoms with Crippen LogP contribution in [0.3, 0.4) is 0 Å². The van der Waals surface area contributed by atoms with Gasteiger partial charge in [0.2, 0.25) is 5.91 Å². The van der Waals surface area contributed by atoms with Gasteiger partial charge in [-0.2, -0.15) is 0 Å². The van der Waals surface area contributed by atoms with Gasteiger partial charge in [0.05, 0.1) is 0 Å². The van der Waals surface area contributed by atoms with E-state index in [9.17, 15) is 18.0 Å². The smallest absolute Gasteiger partial charge is 0.239 e. The number of sulfone groups is 1. The molecule has 0 aliphatic rings. The van der Waals surface area contributed by atoms with E-state index in [1.54, 1.807) is 36.4 Å². The lowest BCUT2D eigenvalue weighted by molar-refractivity contribution is -0.113. The predicted octanol–water partition coefficient (Wildman–Crippen LogP) is 3.90. The van der Waals surface area contributed by atoms with E-state index in [0.29, 0.717) is 11.3 Å². The summed E-state index contributed by atoms with van der Waals surface area (Å²) in [6, 6.07) is 23.4. The first-order chi connectivity index (χ1) is 13.8. The number of carbonyl (C=O) groups excluding carboxylic acids is 2. The molecule has 0 unspecified atom stereocenters. The second-order valence-corrected chi connectivity index (χ2v) is 8.88. The van der Waals surface area contributed by atoms with E-state index in [1.807, 2.05) is 49.4 Å². The molecule has 0 saturated carbocycles. The molecular weight excluding hydrogens is 386 g/mol. The summed E-state index contributed by atoms with van der Waals surface area (Å²) in [5.41, 5.74) is 3.78. The number of nitrogens with one attached hydrogen (secondary N) is 1. The Balaban J connectivity index is 1.61. The molecule has 0 fully saturated rings. The van der Waals surface area contributed by atoms with Gasteiger partial charge in [0.25, 0.3) is 0 Å². The van der Waals surface area contributed by atoms with Gasteiger partial charge in [-0.05, 0) is 30.2 Å². The largest absolute Gasteiger partial charge is 0.325 e. The van der Waals surface area contributed by atoms with Gasteiger partial charge in [-0.15, -0.1) is 0 Å². The van der Waals surface area contributed by atoms with Crippen molar-refractivity contribution in [3.63, 3.8) is 0 Å². The topological polar surface area (TPSA) is 80.3 Å². The molecule has 0 aromatic heterocycles. The number of anilines is 1. The molecule has 0 aliphatic heterocycles. The second kappa shape index (κ2) is 8.84. The van der Waals surface area contributed by atoms with E-state index in [0.717, 1.165) is 16.7 Å². The standard InChI is InChI=1S/C23H21NO4S/c1-17-7-13-21(14-8-17)24-23(26)16-29(27,28)15-22(25)20-11-9-19(10-12-20)18-5-3-2-4-6-18/h2-14H,15-16H2,1H3,(H,24,26). The summed E-state index contributed by atoms with van der Waals surface area (Å²) < 4.78 is 24.6. The van der Waals surface area contributed by atoms with Crippen LogP contribution in [0.4, 0.5) is 5.69 Å². The van der Waals surface area contributed by atoms with E-state index >= 15 is 0 Å². The third-order valence-corrected chi connectivity index (χ3v) is 5.76. The highest BCUT2D eigenvalue weighted by Gasteiger charge is 2.22. The van der Waals surface area contributed by atoms with Crippen LogP contribution in [-0.4, -0.2) is 31.6 Å². The third kappa shape index (κ3) is 5.86. The first-order valence-electron chi connectivity index (χ1n) is 9.08. The molecule has 3 aromatic carbocycles. The van der Waals surface area contributed by atoms with Gasteiger partial charge in [-0.3, -0.25) is 9.59 Å². The van der Waals surface area contributed by atoms with Gasteiger partial charge in [-0.1, -0.05) is 72.3 Å². The Morgan fingerprint density at radius 1 is 0.759 bits per heavy atom. The fourth-order valence-corrected chi connectivity index (χ4v) is 3.99. The van der Waals surface area contributed by atoms with Crippen LogP contribution in [0.5, 0.6) is 0 Å². The number of rotatable bonds is 7. The van der Waals surface area contributed by atoms with E-state index in [1.165, 1.54) is 0 Å². The fraction of sp³-hybridized carbons (Fsp3) is 0.130. The maximum absolute atomic E-state index is 12.4. The van der Waals surface area contributed by atoms with Gasteiger partial charge in [0, 0.05) is 11.3 Å². The number of Topliss-reactive ketones (excluding diaryl/α,β-unsaturated/α-hetero) is 1.